The van der Waals surface area contributed by atoms with Crippen LogP contribution in [0.5, 0.6) is 0 Å². The van der Waals surface area contributed by atoms with E-state index in [2.05, 4.69) is 28.9 Å². The van der Waals surface area contributed by atoms with Crippen molar-refractivity contribution in [2.24, 2.45) is 0 Å². The summed E-state index contributed by atoms with van der Waals surface area (Å²) in [5.41, 5.74) is 0.996. The van der Waals surface area contributed by atoms with Gasteiger partial charge in [0.1, 0.15) is 4.88 Å². The molecule has 0 aliphatic heterocycles. The second-order valence-corrected chi connectivity index (χ2v) is 6.97. The Morgan fingerprint density at radius 2 is 2.05 bits per heavy atom. The van der Waals surface area contributed by atoms with Gasteiger partial charge < -0.3 is 10.1 Å². The summed E-state index contributed by atoms with van der Waals surface area (Å²) >= 11 is 2.78. The molecule has 1 N–H and O–H groups in total. The van der Waals surface area contributed by atoms with Crippen molar-refractivity contribution >= 4 is 34.6 Å². The maximum atomic E-state index is 12.0. The smallest absolute Gasteiger partial charge is 0.348 e. The molecule has 0 atom stereocenters. The number of thiazole rings is 1. The highest BCUT2D eigenvalue weighted by Gasteiger charge is 2.14. The molecule has 0 aromatic carbocycles. The summed E-state index contributed by atoms with van der Waals surface area (Å²) < 4.78 is 4.62. The first kappa shape index (κ1) is 16.6. The van der Waals surface area contributed by atoms with Crippen LogP contribution in [0.4, 0.5) is 0 Å². The fraction of sp³-hybridized carbons (Fsp3) is 0.400. The van der Waals surface area contributed by atoms with Crippen LogP contribution in [0.3, 0.4) is 0 Å². The Hall–Kier alpha value is -1.73. The summed E-state index contributed by atoms with van der Waals surface area (Å²) in [5.74, 6) is -0.177. The topological polar surface area (TPSA) is 68.3 Å². The van der Waals surface area contributed by atoms with Gasteiger partial charge in [0.2, 0.25) is 0 Å². The number of carbonyl (C=O) groups is 2. The number of ether oxygens (including phenoxy) is 1. The lowest BCUT2D eigenvalue weighted by Crippen LogP contribution is -2.24. The summed E-state index contributed by atoms with van der Waals surface area (Å²) in [6.07, 6.45) is 0.699. The van der Waals surface area contributed by atoms with Gasteiger partial charge in [-0.1, -0.05) is 13.8 Å². The Labute approximate surface area is 137 Å². The molecule has 0 radical (unpaired) electrons. The van der Waals surface area contributed by atoms with Crippen molar-refractivity contribution in [3.63, 3.8) is 0 Å². The van der Waals surface area contributed by atoms with Gasteiger partial charge in [0, 0.05) is 24.3 Å². The van der Waals surface area contributed by atoms with Crippen molar-refractivity contribution in [1.82, 2.24) is 10.3 Å². The summed E-state index contributed by atoms with van der Waals surface area (Å²) in [5, 5.41) is 5.98. The number of thiophene rings is 1. The van der Waals surface area contributed by atoms with Crippen LogP contribution in [0.1, 0.15) is 49.8 Å². The minimum Gasteiger partial charge on any atom is -0.465 e. The minimum atomic E-state index is -0.423. The summed E-state index contributed by atoms with van der Waals surface area (Å²) in [7, 11) is 1.32. The molecule has 2 rings (SSSR count). The number of hydrogen-bond donors (Lipinski definition) is 1. The van der Waals surface area contributed by atoms with Crippen LogP contribution in [-0.4, -0.2) is 30.5 Å². The molecule has 7 heteroatoms. The van der Waals surface area contributed by atoms with Gasteiger partial charge in [-0.25, -0.2) is 9.78 Å². The highest BCUT2D eigenvalue weighted by atomic mass is 32.1. The number of rotatable bonds is 6. The zero-order chi connectivity index (χ0) is 16.1. The molecule has 0 fully saturated rings. The number of aromatic nitrogens is 1. The van der Waals surface area contributed by atoms with Crippen molar-refractivity contribution in [2.75, 3.05) is 13.7 Å². The highest BCUT2D eigenvalue weighted by molar-refractivity contribution is 7.15. The molecule has 0 bridgehead atoms. The minimum absolute atomic E-state index is 0.181. The number of methoxy groups -OCH3 is 1. The molecule has 1 amide bonds. The largest absolute Gasteiger partial charge is 0.465 e. The third kappa shape index (κ3) is 4.14. The van der Waals surface area contributed by atoms with Crippen LogP contribution < -0.4 is 5.32 Å². The van der Waals surface area contributed by atoms with Crippen molar-refractivity contribution in [3.05, 3.63) is 38.0 Å². The normalized spacial score (nSPS) is 10.7. The summed E-state index contributed by atoms with van der Waals surface area (Å²) in [6.45, 7) is 4.74. The quantitative estimate of drug-likeness (QED) is 0.822. The van der Waals surface area contributed by atoms with Crippen LogP contribution in [0.25, 0.3) is 0 Å². The number of nitrogens with one attached hydrogen (secondary N) is 1. The molecule has 0 aliphatic carbocycles. The van der Waals surface area contributed by atoms with E-state index in [1.165, 1.54) is 7.11 Å². The molecular weight excluding hydrogens is 320 g/mol. The molecule has 0 unspecified atom stereocenters. The Morgan fingerprint density at radius 1 is 1.32 bits per heavy atom. The van der Waals surface area contributed by atoms with E-state index < -0.39 is 5.97 Å². The first-order valence-electron chi connectivity index (χ1n) is 6.92. The van der Waals surface area contributed by atoms with Crippen molar-refractivity contribution in [1.29, 1.82) is 0 Å². The van der Waals surface area contributed by atoms with E-state index in [0.717, 1.165) is 22.0 Å². The standard InChI is InChI=1S/C15H18N2O3S2/c1-9(2)14-17-10(8-21-14)6-7-16-13(18)11-4-5-12(22-11)15(19)20-3/h4-5,8-9H,6-7H2,1-3H3,(H,16,18). The molecule has 0 spiro atoms. The van der Waals surface area contributed by atoms with Gasteiger partial charge in [-0.15, -0.1) is 22.7 Å². The zero-order valence-corrected chi connectivity index (χ0v) is 14.3. The van der Waals surface area contributed by atoms with Crippen LogP contribution in [0, 0.1) is 0 Å². The van der Waals surface area contributed by atoms with Crippen molar-refractivity contribution in [3.8, 4) is 0 Å². The monoisotopic (exact) mass is 338 g/mol. The molecule has 2 aromatic rings. The molecule has 2 heterocycles. The molecular formula is C15H18N2O3S2. The van der Waals surface area contributed by atoms with Gasteiger partial charge in [0.25, 0.3) is 5.91 Å². The Bertz CT molecular complexity index is 661. The van der Waals surface area contributed by atoms with E-state index in [1.807, 2.05) is 5.38 Å². The zero-order valence-electron chi connectivity index (χ0n) is 12.7. The highest BCUT2D eigenvalue weighted by Crippen LogP contribution is 2.19. The summed E-state index contributed by atoms with van der Waals surface area (Å²) in [6, 6.07) is 3.23. The first-order valence-corrected chi connectivity index (χ1v) is 8.61. The lowest BCUT2D eigenvalue weighted by molar-refractivity contribution is 0.0606. The van der Waals surface area contributed by atoms with Crippen molar-refractivity contribution in [2.45, 2.75) is 26.2 Å². The maximum absolute atomic E-state index is 12.0. The van der Waals surface area contributed by atoms with Gasteiger partial charge in [-0.2, -0.15) is 0 Å². The molecule has 0 saturated carbocycles. The third-order valence-corrected chi connectivity index (χ3v) is 5.20. The maximum Gasteiger partial charge on any atom is 0.348 e. The van der Waals surface area contributed by atoms with E-state index in [1.54, 1.807) is 23.5 Å². The average Bonchev–Trinajstić information content (AvgIpc) is 3.15. The van der Waals surface area contributed by atoms with Crippen LogP contribution in [0.2, 0.25) is 0 Å². The number of amides is 1. The molecule has 0 aliphatic rings. The molecule has 2 aromatic heterocycles. The average molecular weight is 338 g/mol. The Kier molecular flexibility index (Phi) is 5.68. The molecule has 0 saturated heterocycles. The van der Waals surface area contributed by atoms with Gasteiger partial charge in [-0.05, 0) is 12.1 Å². The lowest BCUT2D eigenvalue weighted by atomic mass is 10.2. The lowest BCUT2D eigenvalue weighted by Gasteiger charge is -2.02. The fourth-order valence-corrected chi connectivity index (χ4v) is 3.47. The first-order chi connectivity index (χ1) is 10.5. The Morgan fingerprint density at radius 3 is 2.68 bits per heavy atom. The number of nitrogens with zero attached hydrogens (tertiary/aromatic N) is 1. The van der Waals surface area contributed by atoms with Gasteiger partial charge in [-0.3, -0.25) is 4.79 Å². The van der Waals surface area contributed by atoms with E-state index in [9.17, 15) is 9.59 Å². The van der Waals surface area contributed by atoms with E-state index in [0.29, 0.717) is 28.6 Å². The van der Waals surface area contributed by atoms with E-state index in [-0.39, 0.29) is 5.91 Å². The van der Waals surface area contributed by atoms with E-state index >= 15 is 0 Å². The van der Waals surface area contributed by atoms with Gasteiger partial charge in [0.05, 0.1) is 22.7 Å². The van der Waals surface area contributed by atoms with Crippen LogP contribution in [0.15, 0.2) is 17.5 Å². The molecule has 5 nitrogen and oxygen atoms in total. The van der Waals surface area contributed by atoms with E-state index in [4.69, 9.17) is 0 Å². The predicted molar refractivity (Wildman–Crippen MR) is 87.9 cm³/mol. The fourth-order valence-electron chi connectivity index (χ4n) is 1.76. The SMILES string of the molecule is COC(=O)c1ccc(C(=O)NCCc2csc(C(C)C)n2)s1. The van der Waals surface area contributed by atoms with Crippen LogP contribution in [-0.2, 0) is 11.2 Å². The van der Waals surface area contributed by atoms with Gasteiger partial charge in [0.15, 0.2) is 0 Å². The van der Waals surface area contributed by atoms with Crippen molar-refractivity contribution < 1.29 is 14.3 Å². The second kappa shape index (κ2) is 7.51. The second-order valence-electron chi connectivity index (χ2n) is 4.99. The number of esters is 1. The molecule has 118 valence electrons. The third-order valence-electron chi connectivity index (χ3n) is 2.95. The van der Waals surface area contributed by atoms with Gasteiger partial charge >= 0.3 is 5.97 Å². The Balaban J connectivity index is 1.84. The van der Waals surface area contributed by atoms with Crippen LogP contribution >= 0.6 is 22.7 Å². The summed E-state index contributed by atoms with van der Waals surface area (Å²) in [4.78, 5) is 28.8. The number of hydrogen-bond acceptors (Lipinski definition) is 6. The number of carbonyl (C=O) groups excluding carboxylic acids is 2. The predicted octanol–water partition coefficient (Wildman–Crippen LogP) is 3.09. The molecule has 22 heavy (non-hydrogen) atoms.